The molecule has 3 aliphatic rings. The van der Waals surface area contributed by atoms with Gasteiger partial charge in [0.1, 0.15) is 0 Å². The topological polar surface area (TPSA) is 102 Å². The maximum Gasteiger partial charge on any atom is 0.405 e. The molecule has 8 heteroatoms. The van der Waals surface area contributed by atoms with E-state index < -0.39 is 11.6 Å². The maximum absolute atomic E-state index is 13.1. The Labute approximate surface area is 208 Å². The molecule has 1 aromatic rings. The highest BCUT2D eigenvalue weighted by Crippen LogP contribution is 2.48. The molecule has 7 nitrogen and oxygen atoms in total. The molecule has 0 heterocycles. The van der Waals surface area contributed by atoms with E-state index in [4.69, 9.17) is 16.7 Å². The number of carbonyl (C=O) groups excluding carboxylic acids is 1. The van der Waals surface area contributed by atoms with E-state index in [0.29, 0.717) is 36.8 Å². The van der Waals surface area contributed by atoms with Gasteiger partial charge in [0.15, 0.2) is 0 Å². The van der Waals surface area contributed by atoms with Crippen molar-refractivity contribution in [3.63, 3.8) is 0 Å². The van der Waals surface area contributed by atoms with Crippen LogP contribution in [0.3, 0.4) is 0 Å². The number of rotatable bonds is 10. The summed E-state index contributed by atoms with van der Waals surface area (Å²) in [6.07, 6.45) is 9.35. The molecule has 0 saturated heterocycles. The monoisotopic (exact) mass is 491 g/mol. The van der Waals surface area contributed by atoms with E-state index in [-0.39, 0.29) is 25.4 Å². The summed E-state index contributed by atoms with van der Waals surface area (Å²) in [6, 6.07) is 5.47. The minimum atomic E-state index is -1.02. The van der Waals surface area contributed by atoms with E-state index in [9.17, 15) is 14.7 Å². The molecule has 3 fully saturated rings. The van der Waals surface area contributed by atoms with Crippen molar-refractivity contribution in [3.05, 3.63) is 41.8 Å². The summed E-state index contributed by atoms with van der Waals surface area (Å²) in [4.78, 5) is 26.2. The van der Waals surface area contributed by atoms with Crippen LogP contribution in [0.15, 0.2) is 18.2 Å². The van der Waals surface area contributed by atoms with E-state index >= 15 is 0 Å². The Kier molecular flexibility index (Phi) is 8.87. The lowest BCUT2D eigenvalue weighted by Gasteiger charge is -2.45. The molecule has 2 amide bonds. The zero-order chi connectivity index (χ0) is 23.5. The number of nitrogens with one attached hydrogen (secondary N) is 2. The highest BCUT2D eigenvalue weighted by atomic mass is 35.5. The van der Waals surface area contributed by atoms with Gasteiger partial charge in [0.05, 0.1) is 22.7 Å². The molecule has 1 aromatic carbocycles. The second-order valence-electron chi connectivity index (χ2n) is 10.5. The SMILES string of the molecule is O=C(O)NC1(CN(CCO)Cc2ccc(Cl)c(C(=O)NCC34CCCC(CCC3)C4)c2)CC1.[CH2]. The highest BCUT2D eigenvalue weighted by molar-refractivity contribution is 6.33. The molecule has 188 valence electrons. The van der Waals surface area contributed by atoms with Gasteiger partial charge in [0, 0.05) is 26.2 Å². The lowest BCUT2D eigenvalue weighted by atomic mass is 9.62. The third-order valence-electron chi connectivity index (χ3n) is 7.83. The largest absolute Gasteiger partial charge is 0.465 e. The number of hydrogen-bond donors (Lipinski definition) is 4. The van der Waals surface area contributed by atoms with Crippen molar-refractivity contribution in [1.29, 1.82) is 0 Å². The minimum Gasteiger partial charge on any atom is -0.465 e. The Morgan fingerprint density at radius 1 is 1.15 bits per heavy atom. The Morgan fingerprint density at radius 3 is 2.47 bits per heavy atom. The van der Waals surface area contributed by atoms with E-state index in [1.54, 1.807) is 6.07 Å². The second kappa shape index (κ2) is 11.3. The van der Waals surface area contributed by atoms with E-state index in [1.807, 2.05) is 17.0 Å². The van der Waals surface area contributed by atoms with Gasteiger partial charge in [-0.25, -0.2) is 4.79 Å². The summed E-state index contributed by atoms with van der Waals surface area (Å²) in [5, 5.41) is 24.8. The normalized spacial score (nSPS) is 24.7. The van der Waals surface area contributed by atoms with Gasteiger partial charge in [-0.15, -0.1) is 0 Å². The molecule has 0 spiro atoms. The standard InChI is InChI=1S/C25H36ClN3O4.CH2/c26-21-6-5-19(15-29(11-12-30)17-25(9-10-25)28-23(32)33)13-20(21)22(31)27-16-24-7-1-3-18(14-24)4-2-8-24;/h5-6,13,18,28,30H,1-4,7-12,14-17H2,(H,27,31)(H,32,33);1H2. The van der Waals surface area contributed by atoms with E-state index in [0.717, 1.165) is 24.3 Å². The van der Waals surface area contributed by atoms with Gasteiger partial charge in [0.2, 0.25) is 0 Å². The third-order valence-corrected chi connectivity index (χ3v) is 8.16. The predicted molar refractivity (Wildman–Crippen MR) is 133 cm³/mol. The number of hydrogen-bond acceptors (Lipinski definition) is 4. The first-order valence-corrected chi connectivity index (χ1v) is 12.6. The summed E-state index contributed by atoms with van der Waals surface area (Å²) in [5.74, 6) is 0.683. The molecule has 0 atom stereocenters. The van der Waals surface area contributed by atoms with Gasteiger partial charge in [-0.05, 0) is 61.1 Å². The first-order chi connectivity index (χ1) is 15.8. The average molecular weight is 492 g/mol. The number of fused-ring (bicyclic) bond motifs is 2. The third kappa shape index (κ3) is 6.64. The first kappa shape index (κ1) is 26.8. The fourth-order valence-corrected chi connectivity index (χ4v) is 6.22. The molecule has 0 aliphatic heterocycles. The van der Waals surface area contributed by atoms with Crippen LogP contribution in [0.2, 0.25) is 5.02 Å². The number of halogens is 1. The number of amides is 2. The van der Waals surface area contributed by atoms with Crippen LogP contribution in [-0.4, -0.2) is 58.9 Å². The Balaban J connectivity index is 0.00000324. The second-order valence-corrected chi connectivity index (χ2v) is 10.9. The Hall–Kier alpha value is -1.83. The fourth-order valence-electron chi connectivity index (χ4n) is 6.02. The van der Waals surface area contributed by atoms with Crippen LogP contribution in [0.25, 0.3) is 0 Å². The zero-order valence-electron chi connectivity index (χ0n) is 20.0. The van der Waals surface area contributed by atoms with Crippen LogP contribution in [0, 0.1) is 18.8 Å². The summed E-state index contributed by atoms with van der Waals surface area (Å²) in [7, 11) is 0. The van der Waals surface area contributed by atoms with Crippen molar-refractivity contribution in [1.82, 2.24) is 15.5 Å². The summed E-state index contributed by atoms with van der Waals surface area (Å²) in [6.45, 7) is 2.15. The lowest BCUT2D eigenvalue weighted by Crippen LogP contribution is -2.45. The molecule has 34 heavy (non-hydrogen) atoms. The summed E-state index contributed by atoms with van der Waals surface area (Å²) < 4.78 is 0. The Bertz CT molecular complexity index is 864. The summed E-state index contributed by atoms with van der Waals surface area (Å²) >= 11 is 6.40. The Morgan fingerprint density at radius 2 is 1.85 bits per heavy atom. The van der Waals surface area contributed by atoms with Gasteiger partial charge in [-0.3, -0.25) is 9.69 Å². The number of aliphatic hydroxyl groups excluding tert-OH is 1. The smallest absolute Gasteiger partial charge is 0.405 e. The molecule has 4 N–H and O–H groups in total. The molecule has 0 aromatic heterocycles. The van der Waals surface area contributed by atoms with Crippen LogP contribution in [0.5, 0.6) is 0 Å². The predicted octanol–water partition coefficient (Wildman–Crippen LogP) is 4.35. The number of carbonyl (C=O) groups is 2. The lowest BCUT2D eigenvalue weighted by molar-refractivity contribution is 0.0681. The highest BCUT2D eigenvalue weighted by Gasteiger charge is 2.45. The van der Waals surface area contributed by atoms with Crippen LogP contribution < -0.4 is 10.6 Å². The summed E-state index contributed by atoms with van der Waals surface area (Å²) in [5.41, 5.74) is 1.19. The van der Waals surface area contributed by atoms with Crippen molar-refractivity contribution in [3.8, 4) is 0 Å². The number of benzene rings is 1. The number of nitrogens with zero attached hydrogens (tertiary/aromatic N) is 1. The van der Waals surface area contributed by atoms with Crippen LogP contribution in [0.1, 0.15) is 73.7 Å². The number of carboxylic acid groups (broad SMARTS) is 1. The molecular weight excluding hydrogens is 454 g/mol. The fraction of sp³-hybridized carbons (Fsp3) is 0.654. The minimum absolute atomic E-state index is 0. The van der Waals surface area contributed by atoms with Gasteiger partial charge in [-0.2, -0.15) is 0 Å². The van der Waals surface area contributed by atoms with Gasteiger partial charge < -0.3 is 20.8 Å². The van der Waals surface area contributed by atoms with Crippen molar-refractivity contribution >= 4 is 23.6 Å². The van der Waals surface area contributed by atoms with Crippen LogP contribution >= 0.6 is 11.6 Å². The van der Waals surface area contributed by atoms with Crippen molar-refractivity contribution < 1.29 is 19.8 Å². The van der Waals surface area contributed by atoms with Crippen LogP contribution in [0.4, 0.5) is 4.79 Å². The van der Waals surface area contributed by atoms with Crippen LogP contribution in [-0.2, 0) is 6.54 Å². The first-order valence-electron chi connectivity index (χ1n) is 12.2. The molecule has 3 aliphatic carbocycles. The van der Waals surface area contributed by atoms with Gasteiger partial charge >= 0.3 is 6.09 Å². The molecule has 2 bridgehead atoms. The molecule has 3 saturated carbocycles. The van der Waals surface area contributed by atoms with Gasteiger partial charge in [-0.1, -0.05) is 50.8 Å². The van der Waals surface area contributed by atoms with Crippen molar-refractivity contribution in [2.45, 2.75) is 69.9 Å². The molecule has 0 unspecified atom stereocenters. The van der Waals surface area contributed by atoms with E-state index in [2.05, 4.69) is 10.6 Å². The molecule has 2 radical (unpaired) electrons. The molecule has 4 rings (SSSR count). The quantitative estimate of drug-likeness (QED) is 0.389. The number of aliphatic hydroxyl groups is 1. The van der Waals surface area contributed by atoms with E-state index in [1.165, 1.54) is 44.9 Å². The average Bonchev–Trinajstić information content (AvgIpc) is 3.51. The van der Waals surface area contributed by atoms with Crippen molar-refractivity contribution in [2.75, 3.05) is 26.2 Å². The molecular formula is C26H38ClN3O4. The maximum atomic E-state index is 13.1. The van der Waals surface area contributed by atoms with Gasteiger partial charge in [0.25, 0.3) is 5.91 Å². The van der Waals surface area contributed by atoms with Crippen molar-refractivity contribution in [2.24, 2.45) is 11.3 Å². The zero-order valence-corrected chi connectivity index (χ0v) is 20.7.